The summed E-state index contributed by atoms with van der Waals surface area (Å²) in [5.41, 5.74) is 2.72. The first-order chi connectivity index (χ1) is 10.8. The van der Waals surface area contributed by atoms with Gasteiger partial charge >= 0.3 is 5.97 Å². The van der Waals surface area contributed by atoms with Gasteiger partial charge in [-0.3, -0.25) is 4.79 Å². The summed E-state index contributed by atoms with van der Waals surface area (Å²) in [4.78, 5) is 31.7. The highest BCUT2D eigenvalue weighted by Crippen LogP contribution is 2.25. The third-order valence-corrected chi connectivity index (χ3v) is 4.94. The molecule has 0 radical (unpaired) electrons. The van der Waals surface area contributed by atoms with E-state index in [4.69, 9.17) is 4.74 Å². The van der Waals surface area contributed by atoms with Gasteiger partial charge in [0.1, 0.15) is 6.04 Å². The van der Waals surface area contributed by atoms with Gasteiger partial charge in [0, 0.05) is 24.3 Å². The molecule has 0 unspecified atom stereocenters. The molecule has 128 valence electrons. The van der Waals surface area contributed by atoms with Crippen molar-refractivity contribution in [3.63, 3.8) is 0 Å². The molecule has 1 aromatic rings. The fourth-order valence-electron chi connectivity index (χ4n) is 2.77. The molecular formula is C17H26N2O3S. The minimum atomic E-state index is -0.410. The average molecular weight is 338 g/mol. The summed E-state index contributed by atoms with van der Waals surface area (Å²) in [6.45, 7) is 9.06. The Kier molecular flexibility index (Phi) is 5.79. The highest BCUT2D eigenvalue weighted by atomic mass is 32.1. The number of carbonyl (C=O) groups is 2. The van der Waals surface area contributed by atoms with Crippen LogP contribution in [-0.4, -0.2) is 41.0 Å². The molecule has 1 atom stereocenters. The van der Waals surface area contributed by atoms with Crippen LogP contribution in [0.1, 0.15) is 50.6 Å². The van der Waals surface area contributed by atoms with E-state index in [0.29, 0.717) is 32.4 Å². The standard InChI is InChI=1S/C17H26N2O3S/c1-12-14(23-11-18-12)7-9-22-16(21)13-6-5-8-19(13)15(20)10-17(2,3)4/h11,13H,5-10H2,1-4H3/t13-/m0/s1. The van der Waals surface area contributed by atoms with E-state index in [9.17, 15) is 9.59 Å². The number of hydrogen-bond donors (Lipinski definition) is 0. The Hall–Kier alpha value is -1.43. The first-order valence-electron chi connectivity index (χ1n) is 8.13. The van der Waals surface area contributed by atoms with Crippen molar-refractivity contribution >= 4 is 23.2 Å². The van der Waals surface area contributed by atoms with Crippen molar-refractivity contribution in [2.75, 3.05) is 13.2 Å². The van der Waals surface area contributed by atoms with Crippen LogP contribution >= 0.6 is 11.3 Å². The Morgan fingerprint density at radius 3 is 2.78 bits per heavy atom. The SMILES string of the molecule is Cc1ncsc1CCOC(=O)[C@@H]1CCCN1C(=O)CC(C)(C)C. The van der Waals surface area contributed by atoms with Crippen LogP contribution in [-0.2, 0) is 20.7 Å². The van der Waals surface area contributed by atoms with Gasteiger partial charge in [0.05, 0.1) is 17.8 Å². The number of rotatable bonds is 5. The summed E-state index contributed by atoms with van der Waals surface area (Å²) in [5.74, 6) is -0.220. The van der Waals surface area contributed by atoms with Crippen LogP contribution in [0, 0.1) is 12.3 Å². The summed E-state index contributed by atoms with van der Waals surface area (Å²) in [6.07, 6.45) is 2.71. The minimum Gasteiger partial charge on any atom is -0.464 e. The second kappa shape index (κ2) is 7.43. The van der Waals surface area contributed by atoms with Gasteiger partial charge in [0.2, 0.25) is 5.91 Å². The summed E-state index contributed by atoms with van der Waals surface area (Å²) < 4.78 is 5.41. The summed E-state index contributed by atoms with van der Waals surface area (Å²) in [6, 6.07) is -0.410. The molecule has 5 nitrogen and oxygen atoms in total. The van der Waals surface area contributed by atoms with Crippen molar-refractivity contribution < 1.29 is 14.3 Å². The van der Waals surface area contributed by atoms with Crippen LogP contribution < -0.4 is 0 Å². The lowest BCUT2D eigenvalue weighted by molar-refractivity contribution is -0.153. The number of thiazole rings is 1. The molecule has 0 N–H and O–H groups in total. The lowest BCUT2D eigenvalue weighted by Crippen LogP contribution is -2.42. The fraction of sp³-hybridized carbons (Fsp3) is 0.706. The monoisotopic (exact) mass is 338 g/mol. The molecular weight excluding hydrogens is 312 g/mol. The molecule has 0 spiro atoms. The highest BCUT2D eigenvalue weighted by Gasteiger charge is 2.36. The third-order valence-electron chi connectivity index (χ3n) is 3.95. The number of aromatic nitrogens is 1. The Balaban J connectivity index is 1.85. The van der Waals surface area contributed by atoms with Crippen LogP contribution in [0.2, 0.25) is 0 Å². The molecule has 1 aromatic heterocycles. The quantitative estimate of drug-likeness (QED) is 0.775. The zero-order chi connectivity index (χ0) is 17.0. The number of likely N-dealkylation sites (tertiary alicyclic amines) is 1. The van der Waals surface area contributed by atoms with Gasteiger partial charge < -0.3 is 9.64 Å². The molecule has 23 heavy (non-hydrogen) atoms. The number of nitrogens with zero attached hydrogens (tertiary/aromatic N) is 2. The summed E-state index contributed by atoms with van der Waals surface area (Å²) >= 11 is 1.58. The van der Waals surface area contributed by atoms with Crippen LogP contribution in [0.4, 0.5) is 0 Å². The van der Waals surface area contributed by atoms with Crippen molar-refractivity contribution in [3.05, 3.63) is 16.1 Å². The van der Waals surface area contributed by atoms with Crippen LogP contribution in [0.3, 0.4) is 0 Å². The predicted octanol–water partition coefficient (Wildman–Crippen LogP) is 2.96. The number of esters is 1. The Labute approximate surface area is 142 Å². The van der Waals surface area contributed by atoms with E-state index in [-0.39, 0.29) is 17.3 Å². The van der Waals surface area contributed by atoms with E-state index in [1.54, 1.807) is 21.7 Å². The Morgan fingerprint density at radius 1 is 1.43 bits per heavy atom. The molecule has 1 aliphatic heterocycles. The molecule has 6 heteroatoms. The minimum absolute atomic E-state index is 0.0512. The largest absolute Gasteiger partial charge is 0.464 e. The summed E-state index contributed by atoms with van der Waals surface area (Å²) in [5, 5.41) is 0. The molecule has 0 saturated carbocycles. The van der Waals surface area contributed by atoms with Gasteiger partial charge in [-0.25, -0.2) is 9.78 Å². The molecule has 2 rings (SSSR count). The first kappa shape index (κ1) is 17.9. The molecule has 0 bridgehead atoms. The lowest BCUT2D eigenvalue weighted by atomic mass is 9.91. The summed E-state index contributed by atoms with van der Waals surface area (Å²) in [7, 11) is 0. The van der Waals surface area contributed by atoms with Gasteiger partial charge in [0.25, 0.3) is 0 Å². The number of ether oxygens (including phenoxy) is 1. The van der Waals surface area contributed by atoms with Gasteiger partial charge in [0.15, 0.2) is 0 Å². The van der Waals surface area contributed by atoms with Gasteiger partial charge in [-0.05, 0) is 25.2 Å². The van der Waals surface area contributed by atoms with Crippen LogP contribution in [0.5, 0.6) is 0 Å². The Bertz CT molecular complexity index is 562. The highest BCUT2D eigenvalue weighted by molar-refractivity contribution is 7.09. The molecule has 1 saturated heterocycles. The van der Waals surface area contributed by atoms with E-state index in [1.165, 1.54) is 0 Å². The molecule has 1 aliphatic rings. The van der Waals surface area contributed by atoms with E-state index in [0.717, 1.165) is 17.0 Å². The number of amides is 1. The number of aryl methyl sites for hydroxylation is 1. The van der Waals surface area contributed by atoms with Crippen molar-refractivity contribution in [1.82, 2.24) is 9.88 Å². The zero-order valence-corrected chi connectivity index (χ0v) is 15.2. The number of carbonyl (C=O) groups excluding carboxylic acids is 2. The topological polar surface area (TPSA) is 59.5 Å². The Morgan fingerprint density at radius 2 is 2.17 bits per heavy atom. The van der Waals surface area contributed by atoms with E-state index < -0.39 is 6.04 Å². The van der Waals surface area contributed by atoms with E-state index in [1.807, 2.05) is 27.7 Å². The van der Waals surface area contributed by atoms with Crippen LogP contribution in [0.25, 0.3) is 0 Å². The second-order valence-corrected chi connectivity index (χ2v) is 8.20. The molecule has 0 aromatic carbocycles. The van der Waals surface area contributed by atoms with Crippen molar-refractivity contribution in [2.45, 2.75) is 59.4 Å². The smallest absolute Gasteiger partial charge is 0.328 e. The van der Waals surface area contributed by atoms with Crippen molar-refractivity contribution in [1.29, 1.82) is 0 Å². The molecule has 2 heterocycles. The maximum atomic E-state index is 12.4. The average Bonchev–Trinajstić information content (AvgIpc) is 3.06. The van der Waals surface area contributed by atoms with E-state index >= 15 is 0 Å². The van der Waals surface area contributed by atoms with Crippen molar-refractivity contribution in [3.8, 4) is 0 Å². The normalized spacial score (nSPS) is 18.3. The maximum Gasteiger partial charge on any atom is 0.328 e. The maximum absolute atomic E-state index is 12.4. The number of hydrogen-bond acceptors (Lipinski definition) is 5. The fourth-order valence-corrected chi connectivity index (χ4v) is 3.53. The molecule has 0 aliphatic carbocycles. The van der Waals surface area contributed by atoms with Crippen LogP contribution in [0.15, 0.2) is 5.51 Å². The predicted molar refractivity (Wildman–Crippen MR) is 90.3 cm³/mol. The van der Waals surface area contributed by atoms with Gasteiger partial charge in [-0.2, -0.15) is 0 Å². The lowest BCUT2D eigenvalue weighted by Gasteiger charge is -2.27. The third kappa shape index (κ3) is 5.03. The first-order valence-corrected chi connectivity index (χ1v) is 9.01. The van der Waals surface area contributed by atoms with Crippen molar-refractivity contribution in [2.24, 2.45) is 5.41 Å². The molecule has 1 amide bonds. The molecule has 1 fully saturated rings. The zero-order valence-electron chi connectivity index (χ0n) is 14.4. The van der Waals surface area contributed by atoms with Gasteiger partial charge in [-0.15, -0.1) is 11.3 Å². The van der Waals surface area contributed by atoms with Gasteiger partial charge in [-0.1, -0.05) is 20.8 Å². The second-order valence-electron chi connectivity index (χ2n) is 7.26. The van der Waals surface area contributed by atoms with E-state index in [2.05, 4.69) is 4.98 Å².